The largest absolute Gasteiger partial charge is 0.449 e. The van der Waals surface area contributed by atoms with E-state index in [1.165, 1.54) is 20.0 Å². The summed E-state index contributed by atoms with van der Waals surface area (Å²) in [5.41, 5.74) is 1.90. The first kappa shape index (κ1) is 17.9. The van der Waals surface area contributed by atoms with Gasteiger partial charge in [-0.1, -0.05) is 28.1 Å². The molecule has 118 valence electrons. The lowest BCUT2D eigenvalue weighted by Crippen LogP contribution is -2.43. The molecule has 6 nitrogen and oxygen atoms in total. The fraction of sp³-hybridized carbons (Fsp3) is 0.267. The van der Waals surface area contributed by atoms with Crippen LogP contribution in [0, 0.1) is 6.92 Å². The third-order valence-corrected chi connectivity index (χ3v) is 3.37. The normalized spacial score (nSPS) is 11.8. The van der Waals surface area contributed by atoms with E-state index in [0.29, 0.717) is 0 Å². The molecule has 2 N–H and O–H groups in total. The lowest BCUT2D eigenvalue weighted by molar-refractivity contribution is -0.149. The van der Waals surface area contributed by atoms with Crippen molar-refractivity contribution < 1.29 is 19.1 Å². The summed E-state index contributed by atoms with van der Waals surface area (Å²) < 4.78 is 5.76. The van der Waals surface area contributed by atoms with Gasteiger partial charge in [0.05, 0.1) is 0 Å². The number of nitrogens with one attached hydrogen (secondary N) is 2. The molecule has 0 aliphatic carbocycles. The summed E-state index contributed by atoms with van der Waals surface area (Å²) in [6.45, 7) is 3.34. The van der Waals surface area contributed by atoms with Crippen LogP contribution >= 0.6 is 15.9 Å². The maximum Gasteiger partial charge on any atom is 0.331 e. The molecule has 0 bridgehead atoms. The van der Waals surface area contributed by atoms with Crippen LogP contribution in [0.3, 0.4) is 0 Å². The number of carbonyl (C=O) groups is 3. The third kappa shape index (κ3) is 5.69. The Kier molecular flexibility index (Phi) is 6.78. The summed E-state index contributed by atoms with van der Waals surface area (Å²) in [6.07, 6.45) is 1.73. The van der Waals surface area contributed by atoms with E-state index in [2.05, 4.69) is 21.2 Å². The van der Waals surface area contributed by atoms with Gasteiger partial charge in [-0.2, -0.15) is 0 Å². The van der Waals surface area contributed by atoms with Crippen LogP contribution in [0.2, 0.25) is 0 Å². The number of urea groups is 1. The molecule has 0 spiro atoms. The van der Waals surface area contributed by atoms with E-state index in [4.69, 9.17) is 4.74 Å². The van der Waals surface area contributed by atoms with Gasteiger partial charge in [-0.3, -0.25) is 10.1 Å². The molecule has 1 rings (SSSR count). The Hall–Kier alpha value is -2.15. The Bertz CT molecular complexity index is 614. The summed E-state index contributed by atoms with van der Waals surface area (Å²) in [5, 5.41) is 4.26. The highest BCUT2D eigenvalue weighted by molar-refractivity contribution is 9.10. The molecule has 0 unspecified atom stereocenters. The Morgan fingerprint density at radius 3 is 2.59 bits per heavy atom. The van der Waals surface area contributed by atoms with Crippen molar-refractivity contribution in [1.29, 1.82) is 0 Å². The van der Waals surface area contributed by atoms with E-state index in [0.717, 1.165) is 15.6 Å². The second-order valence-corrected chi connectivity index (χ2v) is 5.36. The molecular formula is C15H17BrN2O4. The van der Waals surface area contributed by atoms with Crippen molar-refractivity contribution >= 4 is 39.9 Å². The van der Waals surface area contributed by atoms with Gasteiger partial charge in [0.1, 0.15) is 0 Å². The lowest BCUT2D eigenvalue weighted by Gasteiger charge is -2.11. The molecule has 0 fully saturated rings. The summed E-state index contributed by atoms with van der Waals surface area (Å²) in [4.78, 5) is 34.2. The SMILES string of the molecule is CNC(=O)NC(=O)[C@H](C)OC(=O)/C=C/c1ccc(C)cc1Br. The first-order valence-corrected chi connectivity index (χ1v) is 7.30. The van der Waals surface area contributed by atoms with Gasteiger partial charge in [-0.25, -0.2) is 9.59 Å². The second kappa shape index (κ2) is 8.33. The summed E-state index contributed by atoms with van der Waals surface area (Å²) in [6, 6.07) is 5.02. The van der Waals surface area contributed by atoms with Gasteiger partial charge in [0.15, 0.2) is 6.10 Å². The topological polar surface area (TPSA) is 84.5 Å². The summed E-state index contributed by atoms with van der Waals surface area (Å²) >= 11 is 3.39. The van der Waals surface area contributed by atoms with E-state index < -0.39 is 24.0 Å². The number of halogens is 1. The summed E-state index contributed by atoms with van der Waals surface area (Å²) in [7, 11) is 1.38. The monoisotopic (exact) mass is 368 g/mol. The van der Waals surface area contributed by atoms with E-state index in [1.807, 2.05) is 30.4 Å². The molecule has 0 aromatic heterocycles. The third-order valence-electron chi connectivity index (χ3n) is 2.68. The molecule has 22 heavy (non-hydrogen) atoms. The molecule has 1 aromatic rings. The minimum atomic E-state index is -1.07. The van der Waals surface area contributed by atoms with Gasteiger partial charge in [0, 0.05) is 17.6 Å². The predicted molar refractivity (Wildman–Crippen MR) is 86.1 cm³/mol. The zero-order valence-electron chi connectivity index (χ0n) is 12.5. The molecule has 7 heteroatoms. The van der Waals surface area contributed by atoms with Crippen molar-refractivity contribution in [3.63, 3.8) is 0 Å². The fourth-order valence-corrected chi connectivity index (χ4v) is 2.09. The predicted octanol–water partition coefficient (Wildman–Crippen LogP) is 2.16. The van der Waals surface area contributed by atoms with Crippen molar-refractivity contribution in [1.82, 2.24) is 10.6 Å². The standard InChI is InChI=1S/C15H17BrN2O4/c1-9-4-5-11(12(16)8-9)6-7-13(19)22-10(2)14(20)18-15(21)17-3/h4-8,10H,1-3H3,(H2,17,18,20,21)/b7-6+/t10-/m0/s1. The Balaban J connectivity index is 2.60. The van der Waals surface area contributed by atoms with E-state index in [-0.39, 0.29) is 0 Å². The van der Waals surface area contributed by atoms with Crippen molar-refractivity contribution in [2.24, 2.45) is 0 Å². The molecule has 0 radical (unpaired) electrons. The first-order valence-electron chi connectivity index (χ1n) is 6.51. The van der Waals surface area contributed by atoms with Crippen molar-refractivity contribution in [3.05, 3.63) is 39.9 Å². The van der Waals surface area contributed by atoms with E-state index in [1.54, 1.807) is 6.08 Å². The number of rotatable bonds is 4. The molecule has 1 atom stereocenters. The average molecular weight is 369 g/mol. The van der Waals surface area contributed by atoms with Crippen LogP contribution < -0.4 is 10.6 Å². The Labute approximate surface area is 137 Å². The van der Waals surface area contributed by atoms with Crippen molar-refractivity contribution in [3.8, 4) is 0 Å². The van der Waals surface area contributed by atoms with E-state index in [9.17, 15) is 14.4 Å². The maximum absolute atomic E-state index is 11.7. The van der Waals surface area contributed by atoms with Crippen LogP contribution in [-0.4, -0.2) is 31.1 Å². The van der Waals surface area contributed by atoms with Gasteiger partial charge in [0.25, 0.3) is 5.91 Å². The lowest BCUT2D eigenvalue weighted by atomic mass is 10.1. The number of ether oxygens (including phenoxy) is 1. The Morgan fingerprint density at radius 2 is 2.00 bits per heavy atom. The second-order valence-electron chi connectivity index (χ2n) is 4.51. The molecule has 3 amide bonds. The van der Waals surface area contributed by atoms with Crippen molar-refractivity contribution in [2.75, 3.05) is 7.05 Å². The number of aryl methyl sites for hydroxylation is 1. The van der Waals surface area contributed by atoms with Crippen LogP contribution in [0.5, 0.6) is 0 Å². The highest BCUT2D eigenvalue weighted by atomic mass is 79.9. The van der Waals surface area contributed by atoms with Gasteiger partial charge < -0.3 is 10.1 Å². The number of imide groups is 1. The number of amides is 3. The smallest absolute Gasteiger partial charge is 0.331 e. The van der Waals surface area contributed by atoms with Crippen LogP contribution in [-0.2, 0) is 14.3 Å². The number of hydrogen-bond acceptors (Lipinski definition) is 4. The average Bonchev–Trinajstić information content (AvgIpc) is 2.45. The number of carbonyl (C=O) groups excluding carboxylic acids is 3. The highest BCUT2D eigenvalue weighted by Gasteiger charge is 2.18. The Morgan fingerprint density at radius 1 is 1.32 bits per heavy atom. The minimum Gasteiger partial charge on any atom is -0.449 e. The highest BCUT2D eigenvalue weighted by Crippen LogP contribution is 2.19. The van der Waals surface area contributed by atoms with Gasteiger partial charge in [-0.05, 0) is 37.1 Å². The fourth-order valence-electron chi connectivity index (χ4n) is 1.47. The van der Waals surface area contributed by atoms with Crippen molar-refractivity contribution in [2.45, 2.75) is 20.0 Å². The summed E-state index contributed by atoms with van der Waals surface area (Å²) in [5.74, 6) is -1.37. The molecule has 0 saturated heterocycles. The van der Waals surface area contributed by atoms with Crippen LogP contribution in [0.1, 0.15) is 18.1 Å². The van der Waals surface area contributed by atoms with Gasteiger partial charge >= 0.3 is 12.0 Å². The minimum absolute atomic E-state index is 0.660. The zero-order chi connectivity index (χ0) is 16.7. The van der Waals surface area contributed by atoms with Gasteiger partial charge in [-0.15, -0.1) is 0 Å². The molecule has 0 aliphatic heterocycles. The molecule has 1 aromatic carbocycles. The maximum atomic E-state index is 11.7. The van der Waals surface area contributed by atoms with Crippen LogP contribution in [0.4, 0.5) is 4.79 Å². The number of hydrogen-bond donors (Lipinski definition) is 2. The number of esters is 1. The molecule has 0 aliphatic rings. The first-order chi connectivity index (χ1) is 10.3. The van der Waals surface area contributed by atoms with Crippen LogP contribution in [0.25, 0.3) is 6.08 Å². The zero-order valence-corrected chi connectivity index (χ0v) is 14.1. The quantitative estimate of drug-likeness (QED) is 0.629. The molecule has 0 saturated carbocycles. The number of benzene rings is 1. The molecular weight excluding hydrogens is 352 g/mol. The van der Waals surface area contributed by atoms with E-state index >= 15 is 0 Å². The van der Waals surface area contributed by atoms with Gasteiger partial charge in [0.2, 0.25) is 0 Å². The molecule has 0 heterocycles. The van der Waals surface area contributed by atoms with Crippen LogP contribution in [0.15, 0.2) is 28.7 Å².